The fourth-order valence-corrected chi connectivity index (χ4v) is 4.34. The highest BCUT2D eigenvalue weighted by atomic mass is 16.5. The number of hydrogen-bond acceptors (Lipinski definition) is 10. The van der Waals surface area contributed by atoms with Crippen LogP contribution in [-0.2, 0) is 16.1 Å². The van der Waals surface area contributed by atoms with Crippen LogP contribution in [0.25, 0.3) is 22.6 Å². The minimum absolute atomic E-state index is 0.0675. The molecule has 0 amide bonds. The molecule has 0 spiro atoms. The molecule has 34 heavy (non-hydrogen) atoms. The molecule has 1 unspecified atom stereocenters. The zero-order valence-electron chi connectivity index (χ0n) is 19.2. The topological polar surface area (TPSA) is 124 Å². The predicted molar refractivity (Wildman–Crippen MR) is 126 cm³/mol. The van der Waals surface area contributed by atoms with E-state index in [1.54, 1.807) is 18.6 Å². The Hall–Kier alpha value is -4.15. The number of aryl methyl sites for hydroxylation is 2. The molecule has 1 saturated heterocycles. The number of ether oxygens (including phenoxy) is 1. The molecule has 1 N–H and O–H groups in total. The highest BCUT2D eigenvalue weighted by Crippen LogP contribution is 2.30. The van der Waals surface area contributed by atoms with E-state index >= 15 is 0 Å². The lowest BCUT2D eigenvalue weighted by Gasteiger charge is -2.23. The van der Waals surface area contributed by atoms with Crippen LogP contribution in [0.1, 0.15) is 19.2 Å². The van der Waals surface area contributed by atoms with E-state index < -0.39 is 6.04 Å². The van der Waals surface area contributed by atoms with Crippen LogP contribution in [0.5, 0.6) is 0 Å². The smallest absolute Gasteiger partial charge is 0.328 e. The van der Waals surface area contributed by atoms with Gasteiger partial charge in [0.05, 0.1) is 12.7 Å². The highest BCUT2D eigenvalue weighted by molar-refractivity contribution is 5.87. The number of hydrogen-bond donors (Lipinski definition) is 1. The van der Waals surface area contributed by atoms with Gasteiger partial charge in [0.15, 0.2) is 17.0 Å². The van der Waals surface area contributed by atoms with Crippen molar-refractivity contribution in [2.24, 2.45) is 0 Å². The molecular weight excluding hydrogens is 434 g/mol. The van der Waals surface area contributed by atoms with Gasteiger partial charge in [0, 0.05) is 44.1 Å². The molecule has 1 aliphatic rings. The van der Waals surface area contributed by atoms with Crippen LogP contribution in [-0.4, -0.2) is 66.2 Å². The van der Waals surface area contributed by atoms with Crippen molar-refractivity contribution in [2.45, 2.75) is 38.9 Å². The molecule has 0 aromatic carbocycles. The Labute approximate surface area is 196 Å². The molecule has 5 rings (SSSR count). The fourth-order valence-electron chi connectivity index (χ4n) is 4.34. The zero-order valence-corrected chi connectivity index (χ0v) is 19.2. The van der Waals surface area contributed by atoms with Crippen LogP contribution in [0.2, 0.25) is 0 Å². The number of rotatable bonds is 6. The van der Waals surface area contributed by atoms with E-state index in [2.05, 4.69) is 30.2 Å². The molecule has 1 aliphatic heterocycles. The third kappa shape index (κ3) is 3.89. The number of carbonyl (C=O) groups excluding carboxylic acids is 1. The average Bonchev–Trinajstić information content (AvgIpc) is 3.47. The second-order valence-electron chi connectivity index (χ2n) is 8.05. The normalized spacial score (nSPS) is 17.8. The van der Waals surface area contributed by atoms with Gasteiger partial charge in [-0.05, 0) is 26.0 Å². The summed E-state index contributed by atoms with van der Waals surface area (Å²) >= 11 is 0. The van der Waals surface area contributed by atoms with Gasteiger partial charge in [0.25, 0.3) is 0 Å². The number of esters is 1. The molecule has 0 saturated carbocycles. The average molecular weight is 460 g/mol. The molecule has 174 valence electrons. The first kappa shape index (κ1) is 21.7. The number of imidazole rings is 1. The molecular formula is C23H25N9O2. The summed E-state index contributed by atoms with van der Waals surface area (Å²) in [4.78, 5) is 41.3. The number of fused-ring (bicyclic) bond motifs is 1. The Bertz CT molecular complexity index is 1310. The Kier molecular flexibility index (Phi) is 5.74. The van der Waals surface area contributed by atoms with Gasteiger partial charge >= 0.3 is 5.97 Å². The summed E-state index contributed by atoms with van der Waals surface area (Å²) in [5.41, 5.74) is 2.19. The summed E-state index contributed by atoms with van der Waals surface area (Å²) in [6, 6.07) is 5.13. The molecule has 11 nitrogen and oxygen atoms in total. The molecule has 2 atom stereocenters. The SMILES string of the molecule is CCn1c(-c2cnc(C)nc2)nc2c(N[C@H]3CC(C(=O)OC)N(c4ccccn4)C3)ncnc21. The lowest BCUT2D eigenvalue weighted by Crippen LogP contribution is -2.37. The molecule has 11 heteroatoms. The summed E-state index contributed by atoms with van der Waals surface area (Å²) in [5, 5.41) is 3.48. The van der Waals surface area contributed by atoms with Gasteiger partial charge in [0.2, 0.25) is 0 Å². The second kappa shape index (κ2) is 9.00. The Morgan fingerprint density at radius 2 is 2.00 bits per heavy atom. The van der Waals surface area contributed by atoms with Crippen molar-refractivity contribution in [3.05, 3.63) is 48.9 Å². The maximum absolute atomic E-state index is 12.5. The van der Waals surface area contributed by atoms with Crippen LogP contribution in [0.15, 0.2) is 43.1 Å². The Morgan fingerprint density at radius 1 is 1.18 bits per heavy atom. The van der Waals surface area contributed by atoms with Gasteiger partial charge in [-0.25, -0.2) is 34.7 Å². The van der Waals surface area contributed by atoms with Crippen molar-refractivity contribution in [2.75, 3.05) is 23.9 Å². The van der Waals surface area contributed by atoms with Crippen LogP contribution in [0.4, 0.5) is 11.6 Å². The first-order valence-corrected chi connectivity index (χ1v) is 11.1. The molecule has 0 radical (unpaired) electrons. The summed E-state index contributed by atoms with van der Waals surface area (Å²) in [6.07, 6.45) is 7.31. The van der Waals surface area contributed by atoms with Crippen molar-refractivity contribution in [1.82, 2.24) is 34.5 Å². The van der Waals surface area contributed by atoms with Crippen LogP contribution in [0, 0.1) is 6.92 Å². The van der Waals surface area contributed by atoms with E-state index in [1.165, 1.54) is 13.4 Å². The van der Waals surface area contributed by atoms with Gasteiger partial charge in [-0.3, -0.25) is 0 Å². The van der Waals surface area contributed by atoms with Crippen molar-refractivity contribution in [1.29, 1.82) is 0 Å². The van der Waals surface area contributed by atoms with Gasteiger partial charge in [-0.2, -0.15) is 0 Å². The summed E-state index contributed by atoms with van der Waals surface area (Å²) in [5.74, 6) is 2.48. The monoisotopic (exact) mass is 459 g/mol. The Balaban J connectivity index is 1.48. The second-order valence-corrected chi connectivity index (χ2v) is 8.05. The number of nitrogens with zero attached hydrogens (tertiary/aromatic N) is 8. The van der Waals surface area contributed by atoms with Gasteiger partial charge in [-0.1, -0.05) is 6.07 Å². The maximum Gasteiger partial charge on any atom is 0.328 e. The van der Waals surface area contributed by atoms with Crippen LogP contribution >= 0.6 is 0 Å². The lowest BCUT2D eigenvalue weighted by molar-refractivity contribution is -0.141. The predicted octanol–water partition coefficient (Wildman–Crippen LogP) is 2.24. The van der Waals surface area contributed by atoms with Crippen molar-refractivity contribution in [3.8, 4) is 11.4 Å². The van der Waals surface area contributed by atoms with Crippen molar-refractivity contribution >= 4 is 28.8 Å². The molecule has 5 heterocycles. The van der Waals surface area contributed by atoms with E-state index in [4.69, 9.17) is 9.72 Å². The van der Waals surface area contributed by atoms with Gasteiger partial charge < -0.3 is 19.5 Å². The maximum atomic E-state index is 12.5. The minimum atomic E-state index is -0.441. The minimum Gasteiger partial charge on any atom is -0.467 e. The van der Waals surface area contributed by atoms with E-state index in [1.807, 2.05) is 41.5 Å². The highest BCUT2D eigenvalue weighted by Gasteiger charge is 2.38. The van der Waals surface area contributed by atoms with E-state index in [9.17, 15) is 4.79 Å². The third-order valence-electron chi connectivity index (χ3n) is 5.95. The molecule has 1 fully saturated rings. The number of pyridine rings is 1. The molecule has 0 bridgehead atoms. The Morgan fingerprint density at radius 3 is 2.71 bits per heavy atom. The summed E-state index contributed by atoms with van der Waals surface area (Å²) < 4.78 is 7.07. The van der Waals surface area contributed by atoms with E-state index in [0.29, 0.717) is 36.7 Å². The summed E-state index contributed by atoms with van der Waals surface area (Å²) in [7, 11) is 1.40. The lowest BCUT2D eigenvalue weighted by atomic mass is 10.1. The fraction of sp³-hybridized carbons (Fsp3) is 0.348. The third-order valence-corrected chi connectivity index (χ3v) is 5.95. The number of aromatic nitrogens is 7. The quantitative estimate of drug-likeness (QED) is 0.429. The van der Waals surface area contributed by atoms with Crippen molar-refractivity contribution in [3.63, 3.8) is 0 Å². The van der Waals surface area contributed by atoms with Gasteiger partial charge in [-0.15, -0.1) is 0 Å². The number of methoxy groups -OCH3 is 1. The molecule has 0 aliphatic carbocycles. The van der Waals surface area contributed by atoms with E-state index in [0.717, 1.165) is 22.9 Å². The first-order valence-electron chi connectivity index (χ1n) is 11.1. The van der Waals surface area contributed by atoms with E-state index in [-0.39, 0.29) is 12.0 Å². The zero-order chi connectivity index (χ0) is 23.7. The number of carbonyl (C=O) groups is 1. The number of anilines is 2. The standard InChI is InChI=1S/C23H25N9O2/c1-4-31-21(15-10-25-14(2)26-11-15)30-19-20(27-13-28-22(19)31)29-16-9-17(23(33)34-3)32(12-16)18-7-5-6-8-24-18/h5-8,10-11,13,16-17H,4,9,12H2,1-3H3,(H,27,28,29)/t16-,17?/m0/s1. The summed E-state index contributed by atoms with van der Waals surface area (Å²) in [6.45, 7) is 5.13. The first-order chi connectivity index (χ1) is 16.6. The van der Waals surface area contributed by atoms with Crippen LogP contribution < -0.4 is 10.2 Å². The van der Waals surface area contributed by atoms with Gasteiger partial charge in [0.1, 0.15) is 29.8 Å². The van der Waals surface area contributed by atoms with Crippen molar-refractivity contribution < 1.29 is 9.53 Å². The number of nitrogens with one attached hydrogen (secondary N) is 1. The largest absolute Gasteiger partial charge is 0.467 e. The molecule has 4 aromatic heterocycles. The molecule has 4 aromatic rings. The van der Waals surface area contributed by atoms with Crippen LogP contribution in [0.3, 0.4) is 0 Å².